The normalized spacial score (nSPS) is 14.7. The lowest BCUT2D eigenvalue weighted by molar-refractivity contribution is -0.274. The van der Waals surface area contributed by atoms with Crippen LogP contribution in [0.2, 0.25) is 0 Å². The van der Waals surface area contributed by atoms with Gasteiger partial charge in [-0.15, -0.1) is 13.2 Å². The van der Waals surface area contributed by atoms with Gasteiger partial charge in [0.25, 0.3) is 10.0 Å². The second kappa shape index (κ2) is 7.93. The molecule has 8 nitrogen and oxygen atoms in total. The van der Waals surface area contributed by atoms with Crippen molar-refractivity contribution in [3.8, 4) is 5.75 Å². The van der Waals surface area contributed by atoms with Gasteiger partial charge in [-0.05, 0) is 37.1 Å². The number of aromatic nitrogens is 2. The van der Waals surface area contributed by atoms with Gasteiger partial charge in [0, 0.05) is 27.2 Å². The Labute approximate surface area is 166 Å². The SMILES string of the molecule is CN(C)c1nc(N2CCCC2)ncc1NS(=O)(=O)c1ccc(OC(F)(F)F)cc1. The van der Waals surface area contributed by atoms with E-state index in [9.17, 15) is 21.6 Å². The summed E-state index contributed by atoms with van der Waals surface area (Å²) in [6.45, 7) is 1.68. The summed E-state index contributed by atoms with van der Waals surface area (Å²) in [6, 6.07) is 3.92. The van der Waals surface area contributed by atoms with Crippen LogP contribution in [0.5, 0.6) is 5.75 Å². The highest BCUT2D eigenvalue weighted by molar-refractivity contribution is 7.92. The van der Waals surface area contributed by atoms with Gasteiger partial charge in [0.05, 0.1) is 11.1 Å². The van der Waals surface area contributed by atoms with Crippen molar-refractivity contribution in [2.24, 2.45) is 0 Å². The molecule has 1 fully saturated rings. The number of anilines is 3. The van der Waals surface area contributed by atoms with Gasteiger partial charge in [-0.1, -0.05) is 0 Å². The predicted octanol–water partition coefficient (Wildman–Crippen LogP) is 2.84. The average molecular weight is 431 g/mol. The van der Waals surface area contributed by atoms with Gasteiger partial charge >= 0.3 is 6.36 Å². The van der Waals surface area contributed by atoms with Crippen molar-refractivity contribution in [2.45, 2.75) is 24.1 Å². The smallest absolute Gasteiger partial charge is 0.406 e. The van der Waals surface area contributed by atoms with Crippen molar-refractivity contribution in [3.63, 3.8) is 0 Å². The third-order valence-corrected chi connectivity index (χ3v) is 5.56. The van der Waals surface area contributed by atoms with E-state index in [2.05, 4.69) is 19.4 Å². The molecule has 0 aliphatic carbocycles. The zero-order chi connectivity index (χ0) is 21.2. The molecule has 29 heavy (non-hydrogen) atoms. The Hall–Kier alpha value is -2.76. The van der Waals surface area contributed by atoms with Gasteiger partial charge in [-0.25, -0.2) is 13.4 Å². The topological polar surface area (TPSA) is 87.7 Å². The molecule has 0 radical (unpaired) electrons. The molecule has 0 unspecified atom stereocenters. The van der Waals surface area contributed by atoms with E-state index < -0.39 is 22.1 Å². The molecule has 0 spiro atoms. The van der Waals surface area contributed by atoms with Crippen LogP contribution in [0.1, 0.15) is 12.8 Å². The monoisotopic (exact) mass is 431 g/mol. The molecule has 2 aromatic rings. The number of nitrogens with zero attached hydrogens (tertiary/aromatic N) is 4. The zero-order valence-corrected chi connectivity index (χ0v) is 16.6. The fourth-order valence-corrected chi connectivity index (χ4v) is 3.92. The van der Waals surface area contributed by atoms with Gasteiger partial charge in [-0.3, -0.25) is 4.72 Å². The molecule has 1 aromatic heterocycles. The zero-order valence-electron chi connectivity index (χ0n) is 15.8. The number of ether oxygens (including phenoxy) is 1. The summed E-state index contributed by atoms with van der Waals surface area (Å²) >= 11 is 0. The maximum absolute atomic E-state index is 12.7. The van der Waals surface area contributed by atoms with E-state index in [1.165, 1.54) is 6.20 Å². The highest BCUT2D eigenvalue weighted by atomic mass is 32.2. The van der Waals surface area contributed by atoms with Crippen molar-refractivity contribution < 1.29 is 26.3 Å². The number of benzene rings is 1. The van der Waals surface area contributed by atoms with E-state index >= 15 is 0 Å². The standard InChI is InChI=1S/C17H20F3N5O3S/c1-24(2)15-14(11-21-16(22-15)25-9-3-4-10-25)23-29(26,27)13-7-5-12(6-8-13)28-17(18,19)20/h5-8,11,23H,3-4,9-10H2,1-2H3. The summed E-state index contributed by atoms with van der Waals surface area (Å²) < 4.78 is 68.2. The van der Waals surface area contributed by atoms with Gasteiger partial charge in [0.15, 0.2) is 5.82 Å². The predicted molar refractivity (Wildman–Crippen MR) is 102 cm³/mol. The summed E-state index contributed by atoms with van der Waals surface area (Å²) in [7, 11) is -0.630. The van der Waals surface area contributed by atoms with Crippen molar-refractivity contribution >= 4 is 27.5 Å². The van der Waals surface area contributed by atoms with E-state index in [1.54, 1.807) is 19.0 Å². The molecule has 12 heteroatoms. The molecule has 0 saturated carbocycles. The van der Waals surface area contributed by atoms with Crippen molar-refractivity contribution in [2.75, 3.05) is 41.7 Å². The largest absolute Gasteiger partial charge is 0.573 e. The van der Waals surface area contributed by atoms with E-state index in [0.717, 1.165) is 50.2 Å². The first-order valence-electron chi connectivity index (χ1n) is 8.73. The Bertz CT molecular complexity index is 959. The highest BCUT2D eigenvalue weighted by Gasteiger charge is 2.31. The molecule has 1 saturated heterocycles. The first-order chi connectivity index (χ1) is 13.5. The Kier molecular flexibility index (Phi) is 5.73. The quantitative estimate of drug-likeness (QED) is 0.753. The fraction of sp³-hybridized carbons (Fsp3) is 0.412. The van der Waals surface area contributed by atoms with Crippen LogP contribution >= 0.6 is 0 Å². The number of nitrogens with one attached hydrogen (secondary N) is 1. The van der Waals surface area contributed by atoms with Gasteiger partial charge < -0.3 is 14.5 Å². The van der Waals surface area contributed by atoms with Crippen LogP contribution < -0.4 is 19.3 Å². The Morgan fingerprint density at radius 1 is 1.14 bits per heavy atom. The number of alkyl halides is 3. The minimum absolute atomic E-state index is 0.161. The molecule has 1 aromatic carbocycles. The molecule has 3 rings (SSSR count). The van der Waals surface area contributed by atoms with Crippen LogP contribution in [0.3, 0.4) is 0 Å². The van der Waals surface area contributed by atoms with Crippen LogP contribution in [0.4, 0.5) is 30.6 Å². The molecule has 0 atom stereocenters. The van der Waals surface area contributed by atoms with Crippen LogP contribution in [0.25, 0.3) is 0 Å². The first-order valence-corrected chi connectivity index (χ1v) is 10.2. The van der Waals surface area contributed by atoms with Gasteiger partial charge in [0.1, 0.15) is 11.4 Å². The van der Waals surface area contributed by atoms with E-state index in [1.807, 2.05) is 4.90 Å². The van der Waals surface area contributed by atoms with Crippen molar-refractivity contribution in [3.05, 3.63) is 30.5 Å². The number of hydrogen-bond acceptors (Lipinski definition) is 7. The third-order valence-electron chi connectivity index (χ3n) is 4.18. The molecule has 1 aliphatic heterocycles. The number of rotatable bonds is 6. The Balaban J connectivity index is 1.84. The number of halogens is 3. The molecule has 2 heterocycles. The molecular weight excluding hydrogens is 411 g/mol. The lowest BCUT2D eigenvalue weighted by Crippen LogP contribution is -2.24. The molecule has 1 aliphatic rings. The molecular formula is C17H20F3N5O3S. The van der Waals surface area contributed by atoms with Gasteiger partial charge in [-0.2, -0.15) is 4.98 Å². The van der Waals surface area contributed by atoms with Crippen molar-refractivity contribution in [1.82, 2.24) is 9.97 Å². The molecule has 0 amide bonds. The summed E-state index contributed by atoms with van der Waals surface area (Å²) in [6.07, 6.45) is -1.38. The summed E-state index contributed by atoms with van der Waals surface area (Å²) in [5, 5.41) is 0. The van der Waals surface area contributed by atoms with E-state index in [4.69, 9.17) is 0 Å². The maximum Gasteiger partial charge on any atom is 0.573 e. The number of hydrogen-bond donors (Lipinski definition) is 1. The van der Waals surface area contributed by atoms with E-state index in [-0.39, 0.29) is 10.6 Å². The van der Waals surface area contributed by atoms with Crippen molar-refractivity contribution in [1.29, 1.82) is 0 Å². The third kappa shape index (κ3) is 5.19. The minimum Gasteiger partial charge on any atom is -0.406 e. The second-order valence-electron chi connectivity index (χ2n) is 6.62. The Morgan fingerprint density at radius 2 is 1.76 bits per heavy atom. The van der Waals surface area contributed by atoms with Crippen LogP contribution in [-0.2, 0) is 10.0 Å². The fourth-order valence-electron chi connectivity index (χ4n) is 2.87. The maximum atomic E-state index is 12.7. The lowest BCUT2D eigenvalue weighted by Gasteiger charge is -2.21. The first kappa shape index (κ1) is 21.0. The summed E-state index contributed by atoms with van der Waals surface area (Å²) in [5.41, 5.74) is 0.161. The van der Waals surface area contributed by atoms with Crippen LogP contribution in [0.15, 0.2) is 35.4 Å². The molecule has 158 valence electrons. The lowest BCUT2D eigenvalue weighted by atomic mass is 10.3. The van der Waals surface area contributed by atoms with E-state index in [0.29, 0.717) is 11.8 Å². The minimum atomic E-state index is -4.85. The average Bonchev–Trinajstić information content (AvgIpc) is 3.15. The summed E-state index contributed by atoms with van der Waals surface area (Å²) in [5.74, 6) is 0.383. The van der Waals surface area contributed by atoms with Crippen LogP contribution in [-0.4, -0.2) is 51.9 Å². The highest BCUT2D eigenvalue weighted by Crippen LogP contribution is 2.29. The molecule has 0 bridgehead atoms. The summed E-state index contributed by atoms with van der Waals surface area (Å²) in [4.78, 5) is 12.2. The number of sulfonamides is 1. The van der Waals surface area contributed by atoms with Crippen LogP contribution in [0, 0.1) is 0 Å². The Morgan fingerprint density at radius 3 is 2.31 bits per heavy atom. The molecule has 1 N–H and O–H groups in total. The van der Waals surface area contributed by atoms with Gasteiger partial charge in [0.2, 0.25) is 5.95 Å². The second-order valence-corrected chi connectivity index (χ2v) is 8.30.